The smallest absolute Gasteiger partial charge is 0.465 e. The van der Waals surface area contributed by atoms with Crippen molar-refractivity contribution in [2.75, 3.05) is 26.4 Å². The maximum Gasteiger partial charge on any atom is 0.559 e. The number of ether oxygens (including phenoxy) is 3. The standard InChI is InChI=1S/C6H6F6O2.C4H2F6O.C2H2F2.CF4.2O2S/c7-4(8)5(9)14-2-1-13-3-6(10,11)12;5-2(6)3(7)11-1-4(8,9)10;1-2(3)4;2-1(3,4)5;2*1-3-2/h1-3H2;1H2;1H2;;;. The largest absolute Gasteiger partial charge is 0.559 e. The SMILES string of the molecule is C=C(F)F.FC(F)(F)F.FC(F)=C(F)OCC(F)(F)F.FC(F)=C(F)OCCOCC(F)(F)F.O=S=O.O=S=O. The number of rotatable bonds is 7. The molecule has 0 aromatic rings. The Bertz CT molecular complexity index is 752. The Hall–Kier alpha value is -2.84. The lowest BCUT2D eigenvalue weighted by atomic mass is 10.7. The lowest BCUT2D eigenvalue weighted by molar-refractivity contribution is -0.237. The summed E-state index contributed by atoms with van der Waals surface area (Å²) in [5, 5.41) is 0. The average molecular weight is 684 g/mol. The zero-order valence-corrected chi connectivity index (χ0v) is 19.6. The van der Waals surface area contributed by atoms with Crippen LogP contribution >= 0.6 is 0 Å². The fourth-order valence-electron chi connectivity index (χ4n) is 0.632. The zero-order valence-electron chi connectivity index (χ0n) is 18.0. The van der Waals surface area contributed by atoms with Crippen LogP contribution in [0.15, 0.2) is 36.8 Å². The molecule has 0 rings (SSSR count). The summed E-state index contributed by atoms with van der Waals surface area (Å²) in [5.41, 5.74) is 0. The predicted octanol–water partition coefficient (Wildman–Crippen LogP) is 6.75. The first-order valence-corrected chi connectivity index (χ1v) is 9.03. The lowest BCUT2D eigenvalue weighted by Gasteiger charge is -2.07. The van der Waals surface area contributed by atoms with Gasteiger partial charge in [0.1, 0.15) is 13.2 Å². The first-order valence-electron chi connectivity index (χ1n) is 7.69. The molecule has 0 amide bonds. The van der Waals surface area contributed by atoms with Gasteiger partial charge in [-0.15, -0.1) is 17.6 Å². The van der Waals surface area contributed by atoms with Gasteiger partial charge in [0.15, 0.2) is 6.61 Å². The summed E-state index contributed by atoms with van der Waals surface area (Å²) in [5.74, 6) is 0. The van der Waals surface area contributed by atoms with Crippen molar-refractivity contribution < 1.29 is 110 Å². The van der Waals surface area contributed by atoms with Crippen molar-refractivity contribution in [1.29, 1.82) is 0 Å². The Balaban J connectivity index is -0.0000000978. The Morgan fingerprint density at radius 1 is 0.550 bits per heavy atom. The summed E-state index contributed by atoms with van der Waals surface area (Å²) in [6.07, 6.45) is -22.2. The monoisotopic (exact) mass is 684 g/mol. The summed E-state index contributed by atoms with van der Waals surface area (Å²) < 4.78 is 238. The number of hydrogen-bond acceptors (Lipinski definition) is 7. The molecule has 242 valence electrons. The molecule has 0 saturated carbocycles. The molecule has 0 atom stereocenters. The van der Waals surface area contributed by atoms with Gasteiger partial charge in [0.05, 0.1) is 6.61 Å². The lowest BCUT2D eigenvalue weighted by Crippen LogP contribution is -2.18. The summed E-state index contributed by atoms with van der Waals surface area (Å²) in [6, 6.07) is -4.61. The fraction of sp³-hybridized carbons (Fsp3) is 0.538. The van der Waals surface area contributed by atoms with Gasteiger partial charge in [-0.25, -0.2) is 0 Å². The average Bonchev–Trinajstić information content (AvgIpc) is 2.70. The van der Waals surface area contributed by atoms with Gasteiger partial charge in [-0.2, -0.15) is 78.3 Å². The Morgan fingerprint density at radius 2 is 0.800 bits per heavy atom. The molecule has 27 heteroatoms. The Labute approximate surface area is 216 Å². The zero-order chi connectivity index (χ0) is 33.8. The topological polar surface area (TPSA) is 96.0 Å². The van der Waals surface area contributed by atoms with Crippen LogP contribution < -0.4 is 0 Å². The highest BCUT2D eigenvalue weighted by Crippen LogP contribution is 2.19. The summed E-state index contributed by atoms with van der Waals surface area (Å²) in [6.45, 7) is -2.70. The second-order valence-corrected chi connectivity index (χ2v) is 4.66. The van der Waals surface area contributed by atoms with E-state index in [9.17, 15) is 79.0 Å². The van der Waals surface area contributed by atoms with Crippen molar-refractivity contribution in [3.05, 3.63) is 36.8 Å². The van der Waals surface area contributed by atoms with E-state index in [4.69, 9.17) is 16.8 Å². The molecule has 0 saturated heterocycles. The summed E-state index contributed by atoms with van der Waals surface area (Å²) >= 11 is -1.50. The Morgan fingerprint density at radius 3 is 1.02 bits per heavy atom. The van der Waals surface area contributed by atoms with E-state index in [1.807, 2.05) is 0 Å². The quantitative estimate of drug-likeness (QED) is 0.166. The first-order chi connectivity index (χ1) is 17.7. The van der Waals surface area contributed by atoms with Crippen molar-refractivity contribution in [3.63, 3.8) is 0 Å². The molecule has 0 aromatic carbocycles. The normalized spacial score (nSPS) is 9.75. The van der Waals surface area contributed by atoms with Crippen LogP contribution in [0.3, 0.4) is 0 Å². The van der Waals surface area contributed by atoms with E-state index in [1.54, 1.807) is 0 Å². The van der Waals surface area contributed by atoms with Gasteiger partial charge in [-0.3, -0.25) is 0 Å². The summed E-state index contributed by atoms with van der Waals surface area (Å²) in [4.78, 5) is 0. The Kier molecular flexibility index (Phi) is 36.5. The minimum atomic E-state index is -5.50. The maximum atomic E-state index is 11.8. The van der Waals surface area contributed by atoms with Gasteiger partial charge in [-0.05, 0) is 6.58 Å². The second kappa shape index (κ2) is 29.2. The number of halogens is 18. The van der Waals surface area contributed by atoms with Crippen molar-refractivity contribution >= 4 is 23.1 Å². The van der Waals surface area contributed by atoms with Gasteiger partial charge < -0.3 is 14.2 Å². The predicted molar refractivity (Wildman–Crippen MR) is 91.9 cm³/mol. The van der Waals surface area contributed by atoms with Crippen LogP contribution in [-0.4, -0.2) is 62.0 Å². The fourth-order valence-corrected chi connectivity index (χ4v) is 0.632. The van der Waals surface area contributed by atoms with Crippen molar-refractivity contribution in [2.24, 2.45) is 0 Å². The molecular weight excluding hydrogens is 674 g/mol. The van der Waals surface area contributed by atoms with E-state index in [0.29, 0.717) is 0 Å². The van der Waals surface area contributed by atoms with Gasteiger partial charge in [0.2, 0.25) is 0 Å². The molecular formula is C13H10F18O7S2. The number of alkyl halides is 10. The van der Waals surface area contributed by atoms with E-state index in [-0.39, 0.29) is 0 Å². The minimum Gasteiger partial charge on any atom is -0.465 e. The highest BCUT2D eigenvalue weighted by molar-refractivity contribution is 7.51. The van der Waals surface area contributed by atoms with E-state index in [2.05, 4.69) is 20.8 Å². The van der Waals surface area contributed by atoms with Crippen molar-refractivity contribution in [3.8, 4) is 0 Å². The molecule has 0 radical (unpaired) electrons. The van der Waals surface area contributed by atoms with Crippen LogP contribution in [0.25, 0.3) is 0 Å². The van der Waals surface area contributed by atoms with E-state index < -0.39 is 98.6 Å². The van der Waals surface area contributed by atoms with Crippen LogP contribution in [0.2, 0.25) is 0 Å². The third-order valence-corrected chi connectivity index (χ3v) is 1.38. The van der Waals surface area contributed by atoms with E-state index >= 15 is 0 Å². The molecule has 0 aliphatic rings. The molecule has 7 nitrogen and oxygen atoms in total. The van der Waals surface area contributed by atoms with Crippen LogP contribution in [0.5, 0.6) is 0 Å². The van der Waals surface area contributed by atoms with E-state index in [0.717, 1.165) is 0 Å². The van der Waals surface area contributed by atoms with Gasteiger partial charge >= 0.3 is 66.1 Å². The molecule has 0 heterocycles. The third kappa shape index (κ3) is 101. The van der Waals surface area contributed by atoms with Gasteiger partial charge in [0.25, 0.3) is 6.08 Å². The molecule has 0 spiro atoms. The molecule has 0 aliphatic heterocycles. The van der Waals surface area contributed by atoms with Crippen molar-refractivity contribution in [1.82, 2.24) is 0 Å². The second-order valence-electron chi connectivity index (χ2n) is 4.39. The highest BCUT2D eigenvalue weighted by Gasteiger charge is 2.29. The van der Waals surface area contributed by atoms with Gasteiger partial charge in [0, 0.05) is 0 Å². The molecule has 0 aromatic heterocycles. The molecule has 0 N–H and O–H groups in total. The summed E-state index contributed by atoms with van der Waals surface area (Å²) in [7, 11) is 0. The molecule has 0 unspecified atom stereocenters. The molecule has 0 fully saturated rings. The van der Waals surface area contributed by atoms with Crippen LogP contribution in [0.4, 0.5) is 79.0 Å². The maximum absolute atomic E-state index is 11.8. The van der Waals surface area contributed by atoms with Crippen LogP contribution in [-0.2, 0) is 37.4 Å². The molecule has 0 bridgehead atoms. The number of hydrogen-bond donors (Lipinski definition) is 0. The molecule has 0 aliphatic carbocycles. The van der Waals surface area contributed by atoms with E-state index in [1.165, 1.54) is 0 Å². The first kappa shape index (κ1) is 50.0. The highest BCUT2D eigenvalue weighted by atomic mass is 32.1. The van der Waals surface area contributed by atoms with Crippen LogP contribution in [0.1, 0.15) is 0 Å². The molecule has 40 heavy (non-hydrogen) atoms. The minimum absolute atomic E-state index is 0.625. The van der Waals surface area contributed by atoms with Crippen molar-refractivity contribution in [2.45, 2.75) is 18.8 Å². The van der Waals surface area contributed by atoms with Gasteiger partial charge in [-0.1, -0.05) is 0 Å². The third-order valence-electron chi connectivity index (χ3n) is 1.38. The van der Waals surface area contributed by atoms with Crippen LogP contribution in [0, 0.1) is 0 Å².